The number of phenols is 8. The van der Waals surface area contributed by atoms with Crippen molar-refractivity contribution in [1.29, 1.82) is 0 Å². The molecule has 0 atom stereocenters. The molecule has 0 radical (unpaired) electrons. The Hall–Kier alpha value is -3.16. The van der Waals surface area contributed by atoms with Crippen molar-refractivity contribution in [1.82, 2.24) is 0 Å². The second-order valence-corrected chi connectivity index (χ2v) is 4.40. The fourth-order valence-electron chi connectivity index (χ4n) is 1.94. The van der Waals surface area contributed by atoms with E-state index in [1.54, 1.807) is 0 Å². The van der Waals surface area contributed by atoms with E-state index in [0.717, 1.165) is 6.07 Å². The fourth-order valence-corrected chi connectivity index (χ4v) is 1.94. The first kappa shape index (κ1) is 14.3. The van der Waals surface area contributed by atoms with Crippen molar-refractivity contribution in [3.05, 3.63) is 11.6 Å². The second kappa shape index (κ2) is 4.44. The van der Waals surface area contributed by atoms with Gasteiger partial charge in [-0.1, -0.05) is 0 Å². The SMILES string of the molecule is Cc1cc(O)c(O)c(-c2c(O)c(O)c(O)c(O)c2O)c1O. The highest BCUT2D eigenvalue weighted by molar-refractivity contribution is 5.92. The second-order valence-electron chi connectivity index (χ2n) is 4.40. The van der Waals surface area contributed by atoms with Crippen molar-refractivity contribution in [2.75, 3.05) is 0 Å². The van der Waals surface area contributed by atoms with Crippen molar-refractivity contribution in [3.8, 4) is 57.1 Å². The lowest BCUT2D eigenvalue weighted by atomic mass is 9.97. The summed E-state index contributed by atoms with van der Waals surface area (Å²) in [5, 5.41) is 77.1. The minimum Gasteiger partial charge on any atom is -0.507 e. The van der Waals surface area contributed by atoms with Crippen LogP contribution in [0.25, 0.3) is 11.1 Å². The monoisotopic (exact) mass is 296 g/mol. The molecule has 0 spiro atoms. The van der Waals surface area contributed by atoms with Crippen LogP contribution in [0.3, 0.4) is 0 Å². The van der Waals surface area contributed by atoms with Crippen molar-refractivity contribution < 1.29 is 40.9 Å². The van der Waals surface area contributed by atoms with Gasteiger partial charge < -0.3 is 40.9 Å². The molecular formula is C13H12O8. The smallest absolute Gasteiger partial charge is 0.208 e. The maximum absolute atomic E-state index is 9.94. The third-order valence-corrected chi connectivity index (χ3v) is 3.06. The number of aromatic hydroxyl groups is 8. The zero-order chi connectivity index (χ0) is 16.1. The highest BCUT2D eigenvalue weighted by atomic mass is 16.4. The van der Waals surface area contributed by atoms with E-state index in [1.165, 1.54) is 6.92 Å². The van der Waals surface area contributed by atoms with Crippen LogP contribution >= 0.6 is 0 Å². The molecule has 0 amide bonds. The number of hydrogen-bond acceptors (Lipinski definition) is 8. The standard InChI is InChI=1S/C13H12O8/c1-3-2-4(14)8(16)5(7(3)15)6-9(17)11(19)13(21)12(20)10(6)18/h2,14-21H,1H3. The van der Waals surface area contributed by atoms with Crippen LogP contribution in [-0.2, 0) is 0 Å². The Balaban J connectivity index is 3.00. The van der Waals surface area contributed by atoms with Crippen molar-refractivity contribution in [2.45, 2.75) is 6.92 Å². The third kappa shape index (κ3) is 1.84. The van der Waals surface area contributed by atoms with Crippen LogP contribution in [0.2, 0.25) is 0 Å². The predicted octanol–water partition coefficient (Wildman–Crippen LogP) is 1.31. The van der Waals surface area contributed by atoms with Gasteiger partial charge in [0.05, 0.1) is 11.1 Å². The van der Waals surface area contributed by atoms with Gasteiger partial charge in [-0.25, -0.2) is 0 Å². The molecule has 2 rings (SSSR count). The number of phenolic OH excluding ortho intramolecular Hbond substituents is 8. The summed E-state index contributed by atoms with van der Waals surface area (Å²) < 4.78 is 0. The molecular weight excluding hydrogens is 284 g/mol. The van der Waals surface area contributed by atoms with Crippen LogP contribution in [-0.4, -0.2) is 40.9 Å². The summed E-state index contributed by atoms with van der Waals surface area (Å²) in [5.74, 6) is -7.87. The first-order valence-corrected chi connectivity index (χ1v) is 5.62. The van der Waals surface area contributed by atoms with Crippen LogP contribution in [0, 0.1) is 6.92 Å². The first-order valence-electron chi connectivity index (χ1n) is 5.62. The number of hydrogen-bond donors (Lipinski definition) is 8. The molecule has 2 aromatic rings. The van der Waals surface area contributed by atoms with Gasteiger partial charge in [0.25, 0.3) is 0 Å². The Kier molecular flexibility index (Phi) is 3.02. The van der Waals surface area contributed by atoms with E-state index in [2.05, 4.69) is 0 Å². The van der Waals surface area contributed by atoms with E-state index in [-0.39, 0.29) is 5.56 Å². The molecule has 0 saturated heterocycles. The van der Waals surface area contributed by atoms with Gasteiger partial charge in [0.1, 0.15) is 5.75 Å². The van der Waals surface area contributed by atoms with Crippen LogP contribution in [0.1, 0.15) is 5.56 Å². The van der Waals surface area contributed by atoms with E-state index < -0.39 is 57.1 Å². The summed E-state index contributed by atoms with van der Waals surface area (Å²) >= 11 is 0. The van der Waals surface area contributed by atoms with Crippen molar-refractivity contribution >= 4 is 0 Å². The average molecular weight is 296 g/mol. The fraction of sp³-hybridized carbons (Fsp3) is 0.0769. The Morgan fingerprint density at radius 1 is 0.524 bits per heavy atom. The summed E-state index contributed by atoms with van der Waals surface area (Å²) in [6, 6.07) is 1.03. The summed E-state index contributed by atoms with van der Waals surface area (Å²) in [4.78, 5) is 0. The molecule has 8 N–H and O–H groups in total. The molecule has 21 heavy (non-hydrogen) atoms. The maximum Gasteiger partial charge on any atom is 0.208 e. The van der Waals surface area contributed by atoms with Gasteiger partial charge in [0, 0.05) is 0 Å². The number of rotatable bonds is 1. The van der Waals surface area contributed by atoms with Gasteiger partial charge in [0.2, 0.25) is 17.2 Å². The first-order chi connectivity index (χ1) is 9.68. The third-order valence-electron chi connectivity index (χ3n) is 3.06. The Bertz CT molecular complexity index is 696. The zero-order valence-corrected chi connectivity index (χ0v) is 10.7. The van der Waals surface area contributed by atoms with Gasteiger partial charge in [-0.3, -0.25) is 0 Å². The molecule has 0 aliphatic carbocycles. The summed E-state index contributed by atoms with van der Waals surface area (Å²) in [7, 11) is 0. The Morgan fingerprint density at radius 2 is 0.905 bits per heavy atom. The van der Waals surface area contributed by atoms with Gasteiger partial charge in [-0.05, 0) is 18.6 Å². The molecule has 0 aliphatic heterocycles. The molecule has 0 aromatic heterocycles. The van der Waals surface area contributed by atoms with E-state index in [0.29, 0.717) is 0 Å². The van der Waals surface area contributed by atoms with Crippen molar-refractivity contribution in [2.24, 2.45) is 0 Å². The number of benzene rings is 2. The largest absolute Gasteiger partial charge is 0.507 e. The Labute approximate surface area is 117 Å². The van der Waals surface area contributed by atoms with E-state index in [4.69, 9.17) is 0 Å². The van der Waals surface area contributed by atoms with Gasteiger partial charge >= 0.3 is 0 Å². The average Bonchev–Trinajstić information content (AvgIpc) is 2.44. The van der Waals surface area contributed by atoms with Gasteiger partial charge in [-0.2, -0.15) is 0 Å². The zero-order valence-electron chi connectivity index (χ0n) is 10.7. The molecule has 8 heteroatoms. The minimum absolute atomic E-state index is 0.0890. The van der Waals surface area contributed by atoms with E-state index >= 15 is 0 Å². The van der Waals surface area contributed by atoms with Crippen LogP contribution in [0.5, 0.6) is 46.0 Å². The molecule has 0 unspecified atom stereocenters. The van der Waals surface area contributed by atoms with E-state index in [1.807, 2.05) is 0 Å². The highest BCUT2D eigenvalue weighted by Gasteiger charge is 2.29. The molecule has 0 heterocycles. The minimum atomic E-state index is -1.18. The lowest BCUT2D eigenvalue weighted by Gasteiger charge is -2.16. The molecule has 0 fully saturated rings. The van der Waals surface area contributed by atoms with Gasteiger partial charge in [-0.15, -0.1) is 0 Å². The molecule has 0 aliphatic rings. The maximum atomic E-state index is 9.94. The Morgan fingerprint density at radius 3 is 1.38 bits per heavy atom. The lowest BCUT2D eigenvalue weighted by Crippen LogP contribution is -1.88. The summed E-state index contributed by atoms with van der Waals surface area (Å²) in [6.07, 6.45) is 0. The summed E-state index contributed by atoms with van der Waals surface area (Å²) in [5.41, 5.74) is -1.28. The number of aryl methyl sites for hydroxylation is 1. The van der Waals surface area contributed by atoms with Crippen LogP contribution in [0.15, 0.2) is 6.07 Å². The normalized spacial score (nSPS) is 10.7. The topological polar surface area (TPSA) is 162 Å². The highest BCUT2D eigenvalue weighted by Crippen LogP contribution is 2.59. The van der Waals surface area contributed by atoms with Crippen LogP contribution < -0.4 is 0 Å². The predicted molar refractivity (Wildman–Crippen MR) is 69.9 cm³/mol. The van der Waals surface area contributed by atoms with Gasteiger partial charge in [0.15, 0.2) is 23.0 Å². The van der Waals surface area contributed by atoms with E-state index in [9.17, 15) is 40.9 Å². The molecule has 0 bridgehead atoms. The lowest BCUT2D eigenvalue weighted by molar-refractivity contribution is 0.329. The van der Waals surface area contributed by atoms with Crippen LogP contribution in [0.4, 0.5) is 0 Å². The quantitative estimate of drug-likeness (QED) is 0.288. The molecule has 2 aromatic carbocycles. The molecule has 0 saturated carbocycles. The molecule has 112 valence electrons. The molecule has 8 nitrogen and oxygen atoms in total. The van der Waals surface area contributed by atoms with Crippen molar-refractivity contribution in [3.63, 3.8) is 0 Å². The summed E-state index contributed by atoms with van der Waals surface area (Å²) in [6.45, 7) is 1.37.